The molecule has 1 amide bonds. The van der Waals surface area contributed by atoms with Crippen LogP contribution in [0, 0.1) is 0 Å². The second-order valence-corrected chi connectivity index (χ2v) is 5.91. The molecule has 2 N–H and O–H groups in total. The van der Waals surface area contributed by atoms with Crippen LogP contribution in [-0.2, 0) is 11.2 Å². The van der Waals surface area contributed by atoms with Gasteiger partial charge in [0.2, 0.25) is 5.91 Å². The molecule has 2 heterocycles. The summed E-state index contributed by atoms with van der Waals surface area (Å²) in [7, 11) is 1.65. The number of ether oxygens (including phenoxy) is 1. The van der Waals surface area contributed by atoms with Crippen LogP contribution in [0.1, 0.15) is 31.2 Å². The van der Waals surface area contributed by atoms with Crippen LogP contribution in [0.25, 0.3) is 0 Å². The average molecular weight is 274 g/mol. The van der Waals surface area contributed by atoms with E-state index in [-0.39, 0.29) is 11.9 Å². The van der Waals surface area contributed by atoms with Crippen molar-refractivity contribution in [2.45, 2.75) is 50.2 Å². The molecule has 0 saturated carbocycles. The van der Waals surface area contributed by atoms with Crippen molar-refractivity contribution in [3.63, 3.8) is 0 Å². The Bertz CT molecular complexity index is 489. The third-order valence-corrected chi connectivity index (χ3v) is 4.59. The van der Waals surface area contributed by atoms with Gasteiger partial charge in [-0.05, 0) is 31.7 Å². The molecule has 2 aliphatic rings. The van der Waals surface area contributed by atoms with Crippen LogP contribution >= 0.6 is 0 Å². The number of rotatable bonds is 3. The molecule has 0 radical (unpaired) electrons. The molecule has 0 spiro atoms. The third kappa shape index (κ3) is 2.40. The molecular weight excluding hydrogens is 252 g/mol. The number of piperidine rings is 1. The second-order valence-electron chi connectivity index (χ2n) is 5.91. The lowest BCUT2D eigenvalue weighted by Gasteiger charge is -2.38. The van der Waals surface area contributed by atoms with Crippen LogP contribution in [0.3, 0.4) is 0 Å². The van der Waals surface area contributed by atoms with E-state index in [4.69, 9.17) is 10.5 Å². The highest BCUT2D eigenvalue weighted by atomic mass is 16.5. The summed E-state index contributed by atoms with van der Waals surface area (Å²) in [4.78, 5) is 14.7. The summed E-state index contributed by atoms with van der Waals surface area (Å²) < 4.78 is 5.33. The lowest BCUT2D eigenvalue weighted by molar-refractivity contribution is -0.135. The monoisotopic (exact) mass is 274 g/mol. The van der Waals surface area contributed by atoms with E-state index in [0.717, 1.165) is 37.0 Å². The maximum Gasteiger partial charge on any atom is 0.227 e. The number of nitrogens with zero attached hydrogens (tertiary/aromatic N) is 1. The van der Waals surface area contributed by atoms with Crippen molar-refractivity contribution < 1.29 is 9.53 Å². The second kappa shape index (κ2) is 5.44. The number of carbonyl (C=O) groups excluding carboxylic acids is 1. The number of amides is 1. The maximum absolute atomic E-state index is 12.6. The summed E-state index contributed by atoms with van der Waals surface area (Å²) in [6.07, 6.45) is 4.54. The fourth-order valence-corrected chi connectivity index (χ4v) is 3.73. The molecule has 20 heavy (non-hydrogen) atoms. The molecule has 4 heteroatoms. The van der Waals surface area contributed by atoms with Crippen molar-refractivity contribution in [1.82, 2.24) is 4.90 Å². The van der Waals surface area contributed by atoms with Gasteiger partial charge in [-0.3, -0.25) is 4.79 Å². The number of para-hydroxylation sites is 1. The Morgan fingerprint density at radius 1 is 1.30 bits per heavy atom. The summed E-state index contributed by atoms with van der Waals surface area (Å²) in [6, 6.07) is 8.72. The predicted octanol–water partition coefficient (Wildman–Crippen LogP) is 1.72. The van der Waals surface area contributed by atoms with Crippen molar-refractivity contribution >= 4 is 5.91 Å². The highest BCUT2D eigenvalue weighted by Crippen LogP contribution is 2.35. The van der Waals surface area contributed by atoms with Gasteiger partial charge in [-0.2, -0.15) is 0 Å². The van der Waals surface area contributed by atoms with Gasteiger partial charge in [0.1, 0.15) is 5.75 Å². The number of benzene rings is 1. The number of hydrogen-bond donors (Lipinski definition) is 1. The van der Waals surface area contributed by atoms with Gasteiger partial charge in [0.25, 0.3) is 0 Å². The molecule has 2 aliphatic heterocycles. The molecule has 2 unspecified atom stereocenters. The zero-order chi connectivity index (χ0) is 14.1. The molecule has 2 saturated heterocycles. The maximum atomic E-state index is 12.6. The highest BCUT2D eigenvalue weighted by Gasteiger charge is 2.41. The summed E-state index contributed by atoms with van der Waals surface area (Å²) in [5, 5.41) is 0. The van der Waals surface area contributed by atoms with E-state index in [1.165, 1.54) is 0 Å². The van der Waals surface area contributed by atoms with E-state index in [9.17, 15) is 4.79 Å². The summed E-state index contributed by atoms with van der Waals surface area (Å²) in [5.41, 5.74) is 7.03. The Balaban J connectivity index is 1.74. The average Bonchev–Trinajstić information content (AvgIpc) is 2.72. The van der Waals surface area contributed by atoms with Crippen LogP contribution in [0.2, 0.25) is 0 Å². The summed E-state index contributed by atoms with van der Waals surface area (Å²) in [5.74, 6) is 1.01. The molecule has 2 fully saturated rings. The summed E-state index contributed by atoms with van der Waals surface area (Å²) in [6.45, 7) is 0. The first kappa shape index (κ1) is 13.4. The molecule has 4 nitrogen and oxygen atoms in total. The van der Waals surface area contributed by atoms with E-state index >= 15 is 0 Å². The van der Waals surface area contributed by atoms with Crippen LogP contribution in [0.15, 0.2) is 24.3 Å². The van der Waals surface area contributed by atoms with Gasteiger partial charge >= 0.3 is 0 Å². The fourth-order valence-electron chi connectivity index (χ4n) is 3.73. The van der Waals surface area contributed by atoms with Gasteiger partial charge < -0.3 is 15.4 Å². The van der Waals surface area contributed by atoms with E-state index in [0.29, 0.717) is 18.5 Å². The molecular formula is C16H22N2O2. The fraction of sp³-hybridized carbons (Fsp3) is 0.562. The highest BCUT2D eigenvalue weighted by molar-refractivity contribution is 5.80. The largest absolute Gasteiger partial charge is 0.496 e. The van der Waals surface area contributed by atoms with Gasteiger partial charge in [0.05, 0.1) is 13.5 Å². The zero-order valence-electron chi connectivity index (χ0n) is 11.9. The van der Waals surface area contributed by atoms with Crippen molar-refractivity contribution in [2.75, 3.05) is 7.11 Å². The van der Waals surface area contributed by atoms with Gasteiger partial charge in [-0.15, -0.1) is 0 Å². The Kier molecular flexibility index (Phi) is 3.66. The van der Waals surface area contributed by atoms with Gasteiger partial charge in [-0.25, -0.2) is 0 Å². The lowest BCUT2D eigenvalue weighted by atomic mass is 9.97. The number of fused-ring (bicyclic) bond motifs is 2. The normalized spacial score (nSPS) is 28.5. The zero-order valence-corrected chi connectivity index (χ0v) is 11.9. The number of hydrogen-bond acceptors (Lipinski definition) is 3. The molecule has 108 valence electrons. The van der Waals surface area contributed by atoms with Crippen LogP contribution < -0.4 is 10.5 Å². The lowest BCUT2D eigenvalue weighted by Crippen LogP contribution is -2.50. The van der Waals surface area contributed by atoms with Crippen molar-refractivity contribution in [3.8, 4) is 5.75 Å². The minimum absolute atomic E-state index is 0.217. The molecule has 0 aromatic heterocycles. The minimum atomic E-state index is 0.217. The Morgan fingerprint density at radius 3 is 2.60 bits per heavy atom. The van der Waals surface area contributed by atoms with Crippen LogP contribution in [-0.4, -0.2) is 36.0 Å². The van der Waals surface area contributed by atoms with E-state index in [2.05, 4.69) is 4.90 Å². The summed E-state index contributed by atoms with van der Waals surface area (Å²) >= 11 is 0. The number of methoxy groups -OCH3 is 1. The number of nitrogens with two attached hydrogens (primary N) is 1. The van der Waals surface area contributed by atoms with Gasteiger partial charge in [0, 0.05) is 23.7 Å². The van der Waals surface area contributed by atoms with Crippen molar-refractivity contribution in [1.29, 1.82) is 0 Å². The van der Waals surface area contributed by atoms with Gasteiger partial charge in [0.15, 0.2) is 0 Å². The first-order chi connectivity index (χ1) is 9.69. The molecule has 3 rings (SSSR count). The Morgan fingerprint density at radius 2 is 1.95 bits per heavy atom. The predicted molar refractivity (Wildman–Crippen MR) is 77.6 cm³/mol. The van der Waals surface area contributed by atoms with Gasteiger partial charge in [-0.1, -0.05) is 18.2 Å². The van der Waals surface area contributed by atoms with E-state index in [1.807, 2.05) is 24.3 Å². The Labute approximate surface area is 119 Å². The first-order valence-electron chi connectivity index (χ1n) is 7.37. The first-order valence-corrected chi connectivity index (χ1v) is 7.37. The van der Waals surface area contributed by atoms with Crippen LogP contribution in [0.5, 0.6) is 5.75 Å². The standard InChI is InChI=1S/C16H22N2O2/c1-20-15-5-3-2-4-11(15)8-16(19)18-13-6-7-14(18)10-12(17)9-13/h2-5,12-14H,6-10,17H2,1H3. The quantitative estimate of drug-likeness (QED) is 0.913. The third-order valence-electron chi connectivity index (χ3n) is 4.59. The molecule has 0 aliphatic carbocycles. The SMILES string of the molecule is COc1ccccc1CC(=O)N1C2CCC1CC(N)C2. The van der Waals surface area contributed by atoms with Crippen molar-refractivity contribution in [2.24, 2.45) is 5.73 Å². The molecule has 1 aromatic carbocycles. The van der Waals surface area contributed by atoms with E-state index < -0.39 is 0 Å². The Hall–Kier alpha value is -1.55. The van der Waals surface area contributed by atoms with Crippen LogP contribution in [0.4, 0.5) is 0 Å². The molecule has 2 atom stereocenters. The minimum Gasteiger partial charge on any atom is -0.496 e. The van der Waals surface area contributed by atoms with Crippen molar-refractivity contribution in [3.05, 3.63) is 29.8 Å². The number of carbonyl (C=O) groups is 1. The molecule has 2 bridgehead atoms. The topological polar surface area (TPSA) is 55.6 Å². The molecule has 1 aromatic rings. The smallest absolute Gasteiger partial charge is 0.227 e. The van der Waals surface area contributed by atoms with E-state index in [1.54, 1.807) is 7.11 Å².